The summed E-state index contributed by atoms with van der Waals surface area (Å²) in [5.41, 5.74) is 0.333. The van der Waals surface area contributed by atoms with Gasteiger partial charge in [0.25, 0.3) is 0 Å². The molecule has 0 unspecified atom stereocenters. The van der Waals surface area contributed by atoms with Crippen LogP contribution in [-0.2, 0) is 18.0 Å². The van der Waals surface area contributed by atoms with E-state index in [-0.39, 0.29) is 29.6 Å². The molecule has 4 nitrogen and oxygen atoms in total. The first-order valence-corrected chi connectivity index (χ1v) is 8.71. The van der Waals surface area contributed by atoms with Crippen LogP contribution in [0.4, 0.5) is 8.78 Å². The summed E-state index contributed by atoms with van der Waals surface area (Å²) in [6.45, 7) is 0.115. The second-order valence-corrected chi connectivity index (χ2v) is 6.55. The Morgan fingerprint density at radius 2 is 1.88 bits per heavy atom. The second kappa shape index (κ2) is 8.25. The molecule has 0 aliphatic rings. The molecule has 0 fully saturated rings. The summed E-state index contributed by atoms with van der Waals surface area (Å²) in [5, 5.41) is 2.58. The van der Waals surface area contributed by atoms with Gasteiger partial charge in [-0.2, -0.15) is 0 Å². The third kappa shape index (κ3) is 4.77. The second-order valence-electron chi connectivity index (χ2n) is 5.18. The van der Waals surface area contributed by atoms with E-state index >= 15 is 0 Å². The van der Waals surface area contributed by atoms with E-state index in [1.807, 2.05) is 0 Å². The fourth-order valence-electron chi connectivity index (χ4n) is 2.03. The molecule has 0 amide bonds. The number of hydrogen-bond donors (Lipinski definition) is 0. The van der Waals surface area contributed by atoms with Crippen molar-refractivity contribution in [2.75, 3.05) is 0 Å². The fourth-order valence-corrected chi connectivity index (χ4v) is 2.88. The molecular weight excluding hydrogens is 384 g/mol. The number of carbonyl (C=O) groups is 1. The van der Waals surface area contributed by atoms with E-state index in [1.54, 1.807) is 5.38 Å². The molecule has 0 bridgehead atoms. The molecule has 8 heteroatoms. The highest BCUT2D eigenvalue weighted by atomic mass is 35.5. The SMILES string of the molecule is O=C(OCc1csc(COc2ccc(F)cc2)n1)c1ccc(Cl)cc1F. The highest BCUT2D eigenvalue weighted by Crippen LogP contribution is 2.18. The molecule has 1 aromatic heterocycles. The summed E-state index contributed by atoms with van der Waals surface area (Å²) in [7, 11) is 0. The molecule has 1 heterocycles. The van der Waals surface area contributed by atoms with Crippen molar-refractivity contribution >= 4 is 28.9 Å². The molecule has 0 radical (unpaired) electrons. The Balaban J connectivity index is 1.53. The monoisotopic (exact) mass is 395 g/mol. The van der Waals surface area contributed by atoms with Crippen LogP contribution in [0.3, 0.4) is 0 Å². The van der Waals surface area contributed by atoms with Gasteiger partial charge in [0.1, 0.15) is 35.6 Å². The summed E-state index contributed by atoms with van der Waals surface area (Å²) in [4.78, 5) is 16.2. The van der Waals surface area contributed by atoms with Crippen molar-refractivity contribution in [3.63, 3.8) is 0 Å². The quantitative estimate of drug-likeness (QED) is 0.550. The van der Waals surface area contributed by atoms with Gasteiger partial charge in [-0.25, -0.2) is 18.6 Å². The van der Waals surface area contributed by atoms with Crippen LogP contribution >= 0.6 is 22.9 Å². The lowest BCUT2D eigenvalue weighted by Crippen LogP contribution is -2.08. The molecule has 2 aromatic carbocycles. The van der Waals surface area contributed by atoms with Gasteiger partial charge >= 0.3 is 5.97 Å². The van der Waals surface area contributed by atoms with Gasteiger partial charge < -0.3 is 9.47 Å². The number of hydrogen-bond acceptors (Lipinski definition) is 5. The zero-order chi connectivity index (χ0) is 18.5. The summed E-state index contributed by atoms with van der Waals surface area (Å²) >= 11 is 6.98. The van der Waals surface area contributed by atoms with Crippen LogP contribution in [0, 0.1) is 11.6 Å². The number of benzene rings is 2. The third-order valence-corrected chi connectivity index (χ3v) is 4.38. The van der Waals surface area contributed by atoms with Crippen LogP contribution in [0.15, 0.2) is 47.8 Å². The van der Waals surface area contributed by atoms with Gasteiger partial charge in [0.2, 0.25) is 0 Å². The van der Waals surface area contributed by atoms with E-state index in [1.165, 1.54) is 47.7 Å². The van der Waals surface area contributed by atoms with E-state index in [0.717, 1.165) is 6.07 Å². The van der Waals surface area contributed by atoms with Gasteiger partial charge in [0, 0.05) is 10.4 Å². The number of carbonyl (C=O) groups excluding carboxylic acids is 1. The minimum atomic E-state index is -0.795. The number of nitrogens with zero attached hydrogens (tertiary/aromatic N) is 1. The first-order valence-electron chi connectivity index (χ1n) is 7.45. The first-order chi connectivity index (χ1) is 12.5. The zero-order valence-corrected chi connectivity index (χ0v) is 14.8. The first kappa shape index (κ1) is 18.3. The standard InChI is InChI=1S/C18H12ClF2NO3S/c19-11-1-6-15(16(21)7-11)18(23)25-8-13-10-26-17(22-13)9-24-14-4-2-12(20)3-5-14/h1-7,10H,8-9H2. The summed E-state index contributed by atoms with van der Waals surface area (Å²) in [6, 6.07) is 9.37. The van der Waals surface area contributed by atoms with Crippen LogP contribution in [0.5, 0.6) is 5.75 Å². The maximum absolute atomic E-state index is 13.7. The topological polar surface area (TPSA) is 48.4 Å². The maximum atomic E-state index is 13.7. The Kier molecular flexibility index (Phi) is 5.80. The molecule has 0 spiro atoms. The molecule has 3 rings (SSSR count). The Morgan fingerprint density at radius 3 is 2.62 bits per heavy atom. The lowest BCUT2D eigenvalue weighted by Gasteiger charge is -2.05. The molecule has 134 valence electrons. The summed E-state index contributed by atoms with van der Waals surface area (Å²) in [5.74, 6) is -1.36. The van der Waals surface area contributed by atoms with E-state index in [2.05, 4.69) is 4.98 Å². The van der Waals surface area contributed by atoms with Crippen molar-refractivity contribution < 1.29 is 23.0 Å². The predicted octanol–water partition coefficient (Wildman–Crippen LogP) is 5.01. The molecule has 0 saturated heterocycles. The van der Waals surface area contributed by atoms with Crippen molar-refractivity contribution in [1.82, 2.24) is 4.98 Å². The Bertz CT molecular complexity index is 915. The number of aromatic nitrogens is 1. The third-order valence-electron chi connectivity index (χ3n) is 3.28. The van der Waals surface area contributed by atoms with Gasteiger partial charge in [-0.05, 0) is 42.5 Å². The van der Waals surface area contributed by atoms with Crippen LogP contribution in [0.1, 0.15) is 21.1 Å². The molecular formula is C18H12ClF2NO3S. The van der Waals surface area contributed by atoms with Gasteiger partial charge in [-0.3, -0.25) is 0 Å². The van der Waals surface area contributed by atoms with Crippen LogP contribution < -0.4 is 4.74 Å². The highest BCUT2D eigenvalue weighted by Gasteiger charge is 2.14. The summed E-state index contributed by atoms with van der Waals surface area (Å²) < 4.78 is 37.1. The maximum Gasteiger partial charge on any atom is 0.341 e. The van der Waals surface area contributed by atoms with Crippen molar-refractivity contribution in [2.45, 2.75) is 13.2 Å². The Hall–Kier alpha value is -2.51. The molecule has 0 N–H and O–H groups in total. The largest absolute Gasteiger partial charge is 0.486 e. The van der Waals surface area contributed by atoms with Gasteiger partial charge in [-0.15, -0.1) is 11.3 Å². The van der Waals surface area contributed by atoms with Gasteiger partial charge in [0.15, 0.2) is 0 Å². The van der Waals surface area contributed by atoms with Crippen molar-refractivity contribution in [1.29, 1.82) is 0 Å². The predicted molar refractivity (Wildman–Crippen MR) is 93.4 cm³/mol. The summed E-state index contributed by atoms with van der Waals surface area (Å²) in [6.07, 6.45) is 0. The number of halogens is 3. The van der Waals surface area contributed by atoms with Crippen LogP contribution in [-0.4, -0.2) is 11.0 Å². The number of rotatable bonds is 6. The lowest BCUT2D eigenvalue weighted by molar-refractivity contribution is 0.0463. The number of ether oxygens (including phenoxy) is 2. The molecule has 0 saturated carbocycles. The fraction of sp³-hybridized carbons (Fsp3) is 0.111. The average molecular weight is 396 g/mol. The molecule has 0 atom stereocenters. The van der Waals surface area contributed by atoms with Gasteiger partial charge in [-0.1, -0.05) is 11.6 Å². The lowest BCUT2D eigenvalue weighted by atomic mass is 10.2. The van der Waals surface area contributed by atoms with E-state index in [4.69, 9.17) is 21.1 Å². The van der Waals surface area contributed by atoms with Crippen LogP contribution in [0.25, 0.3) is 0 Å². The van der Waals surface area contributed by atoms with Gasteiger partial charge in [0.05, 0.1) is 11.3 Å². The van der Waals surface area contributed by atoms with Crippen molar-refractivity contribution in [2.24, 2.45) is 0 Å². The smallest absolute Gasteiger partial charge is 0.341 e. The molecule has 26 heavy (non-hydrogen) atoms. The van der Waals surface area contributed by atoms with Crippen LogP contribution in [0.2, 0.25) is 5.02 Å². The van der Waals surface area contributed by atoms with E-state index in [9.17, 15) is 13.6 Å². The minimum absolute atomic E-state index is 0.0893. The average Bonchev–Trinajstić information content (AvgIpc) is 3.07. The zero-order valence-electron chi connectivity index (χ0n) is 13.2. The highest BCUT2D eigenvalue weighted by molar-refractivity contribution is 7.09. The van der Waals surface area contributed by atoms with Crippen molar-refractivity contribution in [3.05, 3.63) is 80.8 Å². The number of thiazole rings is 1. The normalized spacial score (nSPS) is 10.6. The Morgan fingerprint density at radius 1 is 1.12 bits per heavy atom. The van der Waals surface area contributed by atoms with E-state index < -0.39 is 11.8 Å². The molecule has 0 aliphatic carbocycles. The van der Waals surface area contributed by atoms with Crippen molar-refractivity contribution in [3.8, 4) is 5.75 Å². The minimum Gasteiger partial charge on any atom is -0.486 e. The Labute approximate surface area is 157 Å². The molecule has 3 aromatic rings. The van der Waals surface area contributed by atoms with E-state index in [0.29, 0.717) is 16.5 Å². The molecule has 0 aliphatic heterocycles. The number of esters is 1.